The van der Waals surface area contributed by atoms with Gasteiger partial charge in [0.1, 0.15) is 0 Å². The molecule has 1 N–H and O–H groups in total. The van der Waals surface area contributed by atoms with Crippen LogP contribution in [0.3, 0.4) is 0 Å². The maximum Gasteiger partial charge on any atom is 0.317 e. The van der Waals surface area contributed by atoms with Gasteiger partial charge in [0.2, 0.25) is 0 Å². The van der Waals surface area contributed by atoms with Gasteiger partial charge in [0.05, 0.1) is 0 Å². The summed E-state index contributed by atoms with van der Waals surface area (Å²) in [6.07, 6.45) is 1.97. The fourth-order valence-electron chi connectivity index (χ4n) is 3.47. The van der Waals surface area contributed by atoms with Crippen molar-refractivity contribution in [3.8, 4) is 0 Å². The van der Waals surface area contributed by atoms with Gasteiger partial charge in [0, 0.05) is 38.4 Å². The molecule has 0 atom stereocenters. The summed E-state index contributed by atoms with van der Waals surface area (Å²) in [4.78, 5) is 16.7. The van der Waals surface area contributed by atoms with Crippen LogP contribution in [0.25, 0.3) is 0 Å². The summed E-state index contributed by atoms with van der Waals surface area (Å²) in [5, 5.41) is 3.07. The summed E-state index contributed by atoms with van der Waals surface area (Å²) in [5.41, 5.74) is 5.28. The monoisotopic (exact) mass is 351 g/mol. The predicted molar refractivity (Wildman–Crippen MR) is 108 cm³/mol. The highest BCUT2D eigenvalue weighted by Gasteiger charge is 2.21. The third-order valence-corrected chi connectivity index (χ3v) is 5.24. The van der Waals surface area contributed by atoms with E-state index in [1.807, 2.05) is 11.0 Å². The highest BCUT2D eigenvalue weighted by Crippen LogP contribution is 2.23. The molecule has 0 saturated carbocycles. The lowest BCUT2D eigenvalue weighted by atomic mass is 10.1. The zero-order valence-corrected chi connectivity index (χ0v) is 15.9. The van der Waals surface area contributed by atoms with Crippen molar-refractivity contribution < 1.29 is 4.79 Å². The van der Waals surface area contributed by atoms with Crippen molar-refractivity contribution in [1.82, 2.24) is 10.2 Å². The first-order valence-corrected chi connectivity index (χ1v) is 9.53. The first-order chi connectivity index (χ1) is 12.6. The molecule has 4 nitrogen and oxygen atoms in total. The van der Waals surface area contributed by atoms with Gasteiger partial charge in [-0.25, -0.2) is 4.79 Å². The Hall–Kier alpha value is -2.49. The SMILES string of the molecule is Cc1cccc(N2CCN(C(=O)NCCCc3ccccc3)CC2)c1C. The highest BCUT2D eigenvalue weighted by atomic mass is 16.2. The molecule has 0 radical (unpaired) electrons. The minimum absolute atomic E-state index is 0.0682. The molecule has 0 unspecified atom stereocenters. The van der Waals surface area contributed by atoms with Crippen molar-refractivity contribution in [2.45, 2.75) is 26.7 Å². The number of aryl methyl sites for hydroxylation is 2. The number of hydrogen-bond acceptors (Lipinski definition) is 2. The van der Waals surface area contributed by atoms with E-state index < -0.39 is 0 Å². The molecule has 138 valence electrons. The molecular formula is C22H29N3O. The number of benzene rings is 2. The number of nitrogens with zero attached hydrogens (tertiary/aromatic N) is 2. The standard InChI is InChI=1S/C22H29N3O/c1-18-8-6-12-21(19(18)2)24-14-16-25(17-15-24)22(26)23-13-7-11-20-9-4-3-5-10-20/h3-6,8-10,12H,7,11,13-17H2,1-2H3,(H,23,26). The number of nitrogens with one attached hydrogen (secondary N) is 1. The lowest BCUT2D eigenvalue weighted by Crippen LogP contribution is -2.52. The zero-order valence-electron chi connectivity index (χ0n) is 15.9. The molecule has 1 heterocycles. The lowest BCUT2D eigenvalue weighted by molar-refractivity contribution is 0.194. The molecule has 2 amide bonds. The maximum absolute atomic E-state index is 12.4. The van der Waals surface area contributed by atoms with Gasteiger partial charge >= 0.3 is 6.03 Å². The second-order valence-corrected chi connectivity index (χ2v) is 7.01. The van der Waals surface area contributed by atoms with Gasteiger partial charge in [0.25, 0.3) is 0 Å². The van der Waals surface area contributed by atoms with Crippen LogP contribution in [0.5, 0.6) is 0 Å². The van der Waals surface area contributed by atoms with Crippen LogP contribution in [0.2, 0.25) is 0 Å². The normalized spacial score (nSPS) is 14.4. The second-order valence-electron chi connectivity index (χ2n) is 7.01. The van der Waals surface area contributed by atoms with Crippen LogP contribution in [-0.4, -0.2) is 43.7 Å². The van der Waals surface area contributed by atoms with E-state index in [0.717, 1.165) is 45.6 Å². The summed E-state index contributed by atoms with van der Waals surface area (Å²) < 4.78 is 0. The summed E-state index contributed by atoms with van der Waals surface area (Å²) >= 11 is 0. The Bertz CT molecular complexity index is 721. The smallest absolute Gasteiger partial charge is 0.317 e. The quantitative estimate of drug-likeness (QED) is 0.833. The van der Waals surface area contributed by atoms with E-state index in [-0.39, 0.29) is 6.03 Å². The molecule has 0 spiro atoms. The number of urea groups is 1. The molecule has 2 aromatic carbocycles. The van der Waals surface area contributed by atoms with Crippen molar-refractivity contribution in [2.24, 2.45) is 0 Å². The van der Waals surface area contributed by atoms with Gasteiger partial charge in [-0.1, -0.05) is 42.5 Å². The Labute approximate surface area is 156 Å². The molecule has 3 rings (SSSR count). The molecule has 0 aromatic heterocycles. The van der Waals surface area contributed by atoms with E-state index in [9.17, 15) is 4.79 Å². The molecule has 4 heteroatoms. The summed E-state index contributed by atoms with van der Waals surface area (Å²) in [6, 6.07) is 16.9. The second kappa shape index (κ2) is 8.75. The highest BCUT2D eigenvalue weighted by molar-refractivity contribution is 5.74. The van der Waals surface area contributed by atoms with Crippen molar-refractivity contribution in [1.29, 1.82) is 0 Å². The zero-order chi connectivity index (χ0) is 18.4. The van der Waals surface area contributed by atoms with Crippen molar-refractivity contribution >= 4 is 11.7 Å². The Kier molecular flexibility index (Phi) is 6.16. The maximum atomic E-state index is 12.4. The van der Waals surface area contributed by atoms with Gasteiger partial charge in [-0.2, -0.15) is 0 Å². The molecule has 0 aliphatic carbocycles. The molecule has 0 bridgehead atoms. The Morgan fingerprint density at radius 3 is 2.42 bits per heavy atom. The minimum atomic E-state index is 0.0682. The molecule has 2 aromatic rings. The lowest BCUT2D eigenvalue weighted by Gasteiger charge is -2.37. The minimum Gasteiger partial charge on any atom is -0.368 e. The number of rotatable bonds is 5. The number of amides is 2. The van der Waals surface area contributed by atoms with E-state index in [4.69, 9.17) is 0 Å². The number of carbonyl (C=O) groups is 1. The Morgan fingerprint density at radius 1 is 0.962 bits per heavy atom. The van der Waals surface area contributed by atoms with E-state index in [1.54, 1.807) is 0 Å². The molecule has 1 fully saturated rings. The van der Waals surface area contributed by atoms with Crippen molar-refractivity contribution in [3.63, 3.8) is 0 Å². The third-order valence-electron chi connectivity index (χ3n) is 5.24. The van der Waals surface area contributed by atoms with Crippen LogP contribution >= 0.6 is 0 Å². The Balaban J connectivity index is 1.41. The van der Waals surface area contributed by atoms with Gasteiger partial charge in [-0.05, 0) is 49.4 Å². The fourth-order valence-corrected chi connectivity index (χ4v) is 3.47. The molecular weight excluding hydrogens is 322 g/mol. The van der Waals surface area contributed by atoms with Gasteiger partial charge in [-0.15, -0.1) is 0 Å². The number of carbonyl (C=O) groups excluding carboxylic acids is 1. The van der Waals surface area contributed by atoms with E-state index in [1.165, 1.54) is 22.4 Å². The van der Waals surface area contributed by atoms with Crippen molar-refractivity contribution in [3.05, 3.63) is 65.2 Å². The van der Waals surface area contributed by atoms with Crippen LogP contribution in [-0.2, 0) is 6.42 Å². The van der Waals surface area contributed by atoms with Gasteiger partial charge in [-0.3, -0.25) is 0 Å². The first-order valence-electron chi connectivity index (χ1n) is 9.53. The molecule has 1 saturated heterocycles. The summed E-state index contributed by atoms with van der Waals surface area (Å²) in [7, 11) is 0. The van der Waals surface area contributed by atoms with Crippen LogP contribution in [0.4, 0.5) is 10.5 Å². The van der Waals surface area contributed by atoms with Crippen LogP contribution in [0, 0.1) is 13.8 Å². The Morgan fingerprint density at radius 2 is 1.69 bits per heavy atom. The average molecular weight is 351 g/mol. The number of hydrogen-bond donors (Lipinski definition) is 1. The third kappa shape index (κ3) is 4.57. The molecule has 1 aliphatic heterocycles. The predicted octanol–water partition coefficient (Wildman–Crippen LogP) is 3.77. The van der Waals surface area contributed by atoms with Gasteiger partial charge in [0.15, 0.2) is 0 Å². The van der Waals surface area contributed by atoms with E-state index in [0.29, 0.717) is 0 Å². The van der Waals surface area contributed by atoms with E-state index >= 15 is 0 Å². The largest absolute Gasteiger partial charge is 0.368 e. The molecule has 1 aliphatic rings. The number of piperazine rings is 1. The van der Waals surface area contributed by atoms with E-state index in [2.05, 4.69) is 66.5 Å². The van der Waals surface area contributed by atoms with Crippen molar-refractivity contribution in [2.75, 3.05) is 37.6 Å². The first kappa shape index (κ1) is 18.3. The average Bonchev–Trinajstić information content (AvgIpc) is 2.68. The topological polar surface area (TPSA) is 35.6 Å². The number of anilines is 1. The van der Waals surface area contributed by atoms with Crippen LogP contribution < -0.4 is 10.2 Å². The summed E-state index contributed by atoms with van der Waals surface area (Å²) in [6.45, 7) is 8.39. The van der Waals surface area contributed by atoms with Crippen LogP contribution in [0.15, 0.2) is 48.5 Å². The van der Waals surface area contributed by atoms with Crippen LogP contribution in [0.1, 0.15) is 23.1 Å². The molecule has 26 heavy (non-hydrogen) atoms. The van der Waals surface area contributed by atoms with Gasteiger partial charge < -0.3 is 15.1 Å². The summed E-state index contributed by atoms with van der Waals surface area (Å²) in [5.74, 6) is 0. The fraction of sp³-hybridized carbons (Fsp3) is 0.409.